The van der Waals surface area contributed by atoms with Crippen molar-refractivity contribution in [2.75, 3.05) is 0 Å². The summed E-state index contributed by atoms with van der Waals surface area (Å²) in [7, 11) is 0. The Morgan fingerprint density at radius 1 is 0.857 bits per heavy atom. The zero-order valence-electron chi connectivity index (χ0n) is 9.76. The first-order chi connectivity index (χ1) is 6.74. The van der Waals surface area contributed by atoms with Gasteiger partial charge in [-0.2, -0.15) is 0 Å². The Bertz CT molecular complexity index is 222. The molecule has 3 aliphatic carbocycles. The van der Waals surface area contributed by atoms with E-state index in [1.54, 1.807) is 32.1 Å². The molecule has 14 heavy (non-hydrogen) atoms. The Kier molecular flexibility index (Phi) is 1.98. The summed E-state index contributed by atoms with van der Waals surface area (Å²) in [5.74, 6) is 4.36. The third-order valence-electron chi connectivity index (χ3n) is 6.14. The Labute approximate surface area is 88.5 Å². The van der Waals surface area contributed by atoms with Gasteiger partial charge in [0, 0.05) is 0 Å². The summed E-state index contributed by atoms with van der Waals surface area (Å²) in [6.07, 6.45) is 10.9. The van der Waals surface area contributed by atoms with Crippen LogP contribution < -0.4 is 0 Å². The van der Waals surface area contributed by atoms with Gasteiger partial charge >= 0.3 is 0 Å². The molecule has 0 heteroatoms. The summed E-state index contributed by atoms with van der Waals surface area (Å²) in [6, 6.07) is 0. The molecule has 0 heterocycles. The Hall–Kier alpha value is 0. The molecule has 80 valence electrons. The van der Waals surface area contributed by atoms with Gasteiger partial charge in [-0.3, -0.25) is 0 Å². The van der Waals surface area contributed by atoms with Crippen molar-refractivity contribution in [3.63, 3.8) is 0 Å². The highest BCUT2D eigenvalue weighted by Gasteiger charge is 2.60. The summed E-state index contributed by atoms with van der Waals surface area (Å²) in [5.41, 5.74) is 0.832. The number of fused-ring (bicyclic) bond motifs is 1. The predicted molar refractivity (Wildman–Crippen MR) is 60.1 cm³/mol. The van der Waals surface area contributed by atoms with Gasteiger partial charge in [0.1, 0.15) is 0 Å². The van der Waals surface area contributed by atoms with Crippen LogP contribution in [0.4, 0.5) is 0 Å². The molecule has 0 amide bonds. The molecule has 0 aromatic carbocycles. The van der Waals surface area contributed by atoms with Gasteiger partial charge in [0.15, 0.2) is 0 Å². The van der Waals surface area contributed by atoms with Gasteiger partial charge in [-0.25, -0.2) is 0 Å². The van der Waals surface area contributed by atoms with E-state index in [4.69, 9.17) is 0 Å². The van der Waals surface area contributed by atoms with Crippen LogP contribution in [0.2, 0.25) is 0 Å². The van der Waals surface area contributed by atoms with Crippen LogP contribution in [0.5, 0.6) is 0 Å². The van der Waals surface area contributed by atoms with Crippen LogP contribution in [0.25, 0.3) is 0 Å². The van der Waals surface area contributed by atoms with Crippen molar-refractivity contribution in [1.82, 2.24) is 0 Å². The van der Waals surface area contributed by atoms with E-state index in [9.17, 15) is 0 Å². The average molecular weight is 192 g/mol. The van der Waals surface area contributed by atoms with Gasteiger partial charge < -0.3 is 0 Å². The zero-order valence-corrected chi connectivity index (χ0v) is 9.76. The monoisotopic (exact) mass is 192 g/mol. The summed E-state index contributed by atoms with van der Waals surface area (Å²) >= 11 is 0. The van der Waals surface area contributed by atoms with Crippen LogP contribution in [0.1, 0.15) is 58.8 Å². The second kappa shape index (κ2) is 3.00. The summed E-state index contributed by atoms with van der Waals surface area (Å²) in [4.78, 5) is 0. The lowest BCUT2D eigenvalue weighted by atomic mass is 9.65. The quantitative estimate of drug-likeness (QED) is 0.538. The van der Waals surface area contributed by atoms with Crippen LogP contribution >= 0.6 is 0 Å². The highest BCUT2D eigenvalue weighted by molar-refractivity contribution is 5.09. The number of hydrogen-bond donors (Lipinski definition) is 0. The Morgan fingerprint density at radius 2 is 1.50 bits per heavy atom. The lowest BCUT2D eigenvalue weighted by Crippen LogP contribution is -2.29. The van der Waals surface area contributed by atoms with Crippen LogP contribution in [-0.2, 0) is 0 Å². The third-order valence-corrected chi connectivity index (χ3v) is 6.14. The molecule has 4 unspecified atom stereocenters. The fourth-order valence-electron chi connectivity index (χ4n) is 4.75. The van der Waals surface area contributed by atoms with Gasteiger partial charge in [0.25, 0.3) is 0 Å². The first-order valence-corrected chi connectivity index (χ1v) is 6.74. The summed E-state index contributed by atoms with van der Waals surface area (Å²) < 4.78 is 0. The molecule has 3 fully saturated rings. The highest BCUT2D eigenvalue weighted by atomic mass is 14.7. The third kappa shape index (κ3) is 1.12. The van der Waals surface area contributed by atoms with Crippen molar-refractivity contribution >= 4 is 0 Å². The van der Waals surface area contributed by atoms with Crippen LogP contribution in [0.15, 0.2) is 0 Å². The molecular formula is C14H24. The van der Waals surface area contributed by atoms with Crippen LogP contribution in [0.3, 0.4) is 0 Å². The first kappa shape index (κ1) is 9.24. The second-order valence-electron chi connectivity index (χ2n) is 6.36. The molecular weight excluding hydrogens is 168 g/mol. The SMILES string of the molecule is CC1C(C)C12CCC1CCCCC1C2. The number of rotatable bonds is 0. The smallest absolute Gasteiger partial charge is 0.0238 e. The molecule has 0 bridgehead atoms. The van der Waals surface area contributed by atoms with Crippen molar-refractivity contribution in [2.24, 2.45) is 29.1 Å². The lowest BCUT2D eigenvalue weighted by Gasteiger charge is -2.40. The molecule has 1 spiro atoms. The maximum atomic E-state index is 2.49. The van der Waals surface area contributed by atoms with Crippen molar-refractivity contribution in [2.45, 2.75) is 58.8 Å². The molecule has 3 rings (SSSR count). The van der Waals surface area contributed by atoms with Crippen molar-refractivity contribution in [1.29, 1.82) is 0 Å². The molecule has 0 N–H and O–H groups in total. The molecule has 0 aromatic heterocycles. The molecule has 3 saturated carbocycles. The molecule has 0 nitrogen and oxygen atoms in total. The normalized spacial score (nSPS) is 57.0. The molecule has 0 radical (unpaired) electrons. The van der Waals surface area contributed by atoms with Crippen molar-refractivity contribution in [3.8, 4) is 0 Å². The largest absolute Gasteiger partial charge is 0.0617 e. The van der Waals surface area contributed by atoms with Gasteiger partial charge in [0.2, 0.25) is 0 Å². The molecule has 4 atom stereocenters. The maximum absolute atomic E-state index is 2.49. The minimum Gasteiger partial charge on any atom is -0.0617 e. The van der Waals surface area contributed by atoms with Gasteiger partial charge in [-0.1, -0.05) is 39.5 Å². The van der Waals surface area contributed by atoms with E-state index in [1.807, 2.05) is 0 Å². The van der Waals surface area contributed by atoms with E-state index >= 15 is 0 Å². The van der Waals surface area contributed by atoms with E-state index in [1.165, 1.54) is 12.8 Å². The van der Waals surface area contributed by atoms with Crippen molar-refractivity contribution in [3.05, 3.63) is 0 Å². The van der Waals surface area contributed by atoms with E-state index in [0.717, 1.165) is 29.1 Å². The van der Waals surface area contributed by atoms with Gasteiger partial charge in [-0.15, -0.1) is 0 Å². The molecule has 0 aromatic rings. The molecule has 3 aliphatic rings. The van der Waals surface area contributed by atoms with Crippen LogP contribution in [0, 0.1) is 29.1 Å². The predicted octanol–water partition coefficient (Wildman–Crippen LogP) is 4.25. The Morgan fingerprint density at radius 3 is 2.14 bits per heavy atom. The molecule has 0 saturated heterocycles. The number of hydrogen-bond acceptors (Lipinski definition) is 0. The minimum absolute atomic E-state index is 0.832. The molecule has 0 aliphatic heterocycles. The summed E-state index contributed by atoms with van der Waals surface area (Å²) in [5, 5.41) is 0. The zero-order chi connectivity index (χ0) is 9.76. The van der Waals surface area contributed by atoms with E-state index in [-0.39, 0.29) is 0 Å². The Balaban J connectivity index is 1.72. The highest BCUT2D eigenvalue weighted by Crippen LogP contribution is 2.68. The second-order valence-corrected chi connectivity index (χ2v) is 6.36. The summed E-state index contributed by atoms with van der Waals surface area (Å²) in [6.45, 7) is 4.99. The van der Waals surface area contributed by atoms with Gasteiger partial charge in [0.05, 0.1) is 0 Å². The lowest BCUT2D eigenvalue weighted by molar-refractivity contribution is 0.106. The fraction of sp³-hybridized carbons (Fsp3) is 1.00. The standard InChI is InChI=1S/C14H24/c1-10-11(2)14(10)8-7-12-5-3-4-6-13(12)9-14/h10-13H,3-9H2,1-2H3. The fourth-order valence-corrected chi connectivity index (χ4v) is 4.75. The van der Waals surface area contributed by atoms with Gasteiger partial charge in [-0.05, 0) is 48.3 Å². The van der Waals surface area contributed by atoms with Crippen molar-refractivity contribution < 1.29 is 0 Å². The van der Waals surface area contributed by atoms with E-state index in [0.29, 0.717) is 0 Å². The van der Waals surface area contributed by atoms with E-state index in [2.05, 4.69) is 13.8 Å². The van der Waals surface area contributed by atoms with Crippen LogP contribution in [-0.4, -0.2) is 0 Å². The minimum atomic E-state index is 0.832. The maximum Gasteiger partial charge on any atom is -0.0238 e. The topological polar surface area (TPSA) is 0 Å². The van der Waals surface area contributed by atoms with E-state index < -0.39 is 0 Å². The average Bonchev–Trinajstić information content (AvgIpc) is 2.71. The first-order valence-electron chi connectivity index (χ1n) is 6.74.